The summed E-state index contributed by atoms with van der Waals surface area (Å²) >= 11 is 0. The Morgan fingerprint density at radius 3 is 2.61 bits per heavy atom. The fourth-order valence-electron chi connectivity index (χ4n) is 3.30. The summed E-state index contributed by atoms with van der Waals surface area (Å²) in [5.74, 6) is -1.41. The van der Waals surface area contributed by atoms with Gasteiger partial charge >= 0.3 is 20.1 Å². The maximum Gasteiger partial charge on any atom is 0.576 e. The van der Waals surface area contributed by atoms with Crippen LogP contribution in [0.25, 0.3) is 0 Å². The molecule has 0 aliphatic carbocycles. The van der Waals surface area contributed by atoms with Crippen LogP contribution in [0.4, 0.5) is 0 Å². The lowest BCUT2D eigenvalue weighted by Crippen LogP contribution is -2.50. The minimum Gasteiger partial charge on any atom is -0.461 e. The van der Waals surface area contributed by atoms with Gasteiger partial charge in [0.05, 0.1) is 11.8 Å². The van der Waals surface area contributed by atoms with E-state index in [-0.39, 0.29) is 31.6 Å². The highest BCUT2D eigenvalue weighted by Crippen LogP contribution is 2.63. The van der Waals surface area contributed by atoms with Gasteiger partial charge in [0.2, 0.25) is 6.79 Å². The Balaban J connectivity index is 1.81. The second-order valence-corrected chi connectivity index (χ2v) is 11.9. The molecule has 2 fully saturated rings. The number of rotatable bonds is 8. The van der Waals surface area contributed by atoms with Crippen molar-refractivity contribution in [1.29, 1.82) is 0 Å². The lowest BCUT2D eigenvalue weighted by molar-refractivity contribution is -0.165. The van der Waals surface area contributed by atoms with Crippen LogP contribution in [0.1, 0.15) is 53.9 Å². The van der Waals surface area contributed by atoms with Crippen molar-refractivity contribution >= 4 is 26.0 Å². The Morgan fingerprint density at radius 2 is 1.97 bits per heavy atom. The van der Waals surface area contributed by atoms with Gasteiger partial charge in [0.1, 0.15) is 12.7 Å². The van der Waals surface area contributed by atoms with Gasteiger partial charge in [-0.05, 0) is 47.2 Å². The van der Waals surface area contributed by atoms with Crippen LogP contribution in [0, 0.1) is 10.8 Å². The minimum absolute atomic E-state index is 0.0141. The molecule has 3 atom stereocenters. The van der Waals surface area contributed by atoms with Crippen molar-refractivity contribution < 1.29 is 42.3 Å². The number of carbonyl (C=O) groups excluding carboxylic acids is 3. The van der Waals surface area contributed by atoms with Crippen LogP contribution in [0.15, 0.2) is 0 Å². The molecule has 0 saturated carbocycles. The van der Waals surface area contributed by atoms with Crippen molar-refractivity contribution in [2.45, 2.75) is 66.1 Å². The molecule has 12 heteroatoms. The third kappa shape index (κ3) is 8.73. The number of nitrogens with one attached hydrogen (secondary N) is 1. The summed E-state index contributed by atoms with van der Waals surface area (Å²) in [6, 6.07) is 0. The summed E-state index contributed by atoms with van der Waals surface area (Å²) in [4.78, 5) is 49.4. The highest BCUT2D eigenvalue weighted by Gasteiger charge is 2.59. The molecule has 2 unspecified atom stereocenters. The number of hydrogen-bond donors (Lipinski definition) is 2. The van der Waals surface area contributed by atoms with E-state index in [1.807, 2.05) is 7.05 Å². The first-order chi connectivity index (χ1) is 15.2. The van der Waals surface area contributed by atoms with Gasteiger partial charge in [-0.25, -0.2) is 0 Å². The van der Waals surface area contributed by atoms with Gasteiger partial charge in [0.25, 0.3) is 5.91 Å². The molecule has 2 aliphatic heterocycles. The van der Waals surface area contributed by atoms with Gasteiger partial charge in [0.15, 0.2) is 6.10 Å². The van der Waals surface area contributed by atoms with Crippen LogP contribution in [0.5, 0.6) is 0 Å². The molecule has 11 nitrogen and oxygen atoms in total. The molecule has 0 aromatic rings. The van der Waals surface area contributed by atoms with Crippen LogP contribution >= 0.6 is 8.17 Å². The smallest absolute Gasteiger partial charge is 0.461 e. The zero-order valence-corrected chi connectivity index (χ0v) is 21.3. The Kier molecular flexibility index (Phi) is 9.61. The second-order valence-electron chi connectivity index (χ2n) is 10.2. The first-order valence-electron chi connectivity index (χ1n) is 11.1. The molecule has 1 amide bonds. The quantitative estimate of drug-likeness (QED) is 0.293. The van der Waals surface area contributed by atoms with Gasteiger partial charge in [-0.1, -0.05) is 13.8 Å². The van der Waals surface area contributed by atoms with Crippen LogP contribution in [0.3, 0.4) is 0 Å². The number of likely N-dealkylation sites (tertiary alicyclic amines) is 1. The fraction of sp³-hybridized carbons (Fsp3) is 0.857. The average Bonchev–Trinajstić information content (AvgIpc) is 2.69. The van der Waals surface area contributed by atoms with E-state index in [2.05, 4.69) is 10.2 Å². The molecule has 0 bridgehead atoms. The number of carbonyl (C=O) groups is 3. The molecule has 0 spiro atoms. The largest absolute Gasteiger partial charge is 0.576 e. The molecule has 2 rings (SSSR count). The summed E-state index contributed by atoms with van der Waals surface area (Å²) in [6.45, 7) is 9.70. The van der Waals surface area contributed by atoms with Crippen molar-refractivity contribution in [2.24, 2.45) is 10.8 Å². The number of hydrogen-bond acceptors (Lipinski definition) is 10. The standard InChI is InChI=1S/C21H37N2O9P/c1-20(2,3)19(26)28-14-30-33(27)29-13-21(4,5)17(32-33)18(25)22-10-9-16(24)31-15-8-7-11-23(6)12-15/h15,17,27H,7-14H2,1-6H3/p+1/t15?,17-,33?/m0/s1. The molecular formula is C21H38N2O9P+. The average molecular weight is 494 g/mol. The molecular weight excluding hydrogens is 455 g/mol. The third-order valence-corrected chi connectivity index (χ3v) is 6.68. The molecule has 2 saturated heterocycles. The molecule has 2 heterocycles. The van der Waals surface area contributed by atoms with Crippen LogP contribution < -0.4 is 5.32 Å². The molecule has 2 N–H and O–H groups in total. The SMILES string of the molecule is CN1CCCC(OC(=O)CCNC(=O)[C@@H]2O[P+](O)(OCOC(=O)C(C)(C)C)OCC2(C)C)C1. The van der Waals surface area contributed by atoms with E-state index >= 15 is 0 Å². The third-order valence-electron chi connectivity index (χ3n) is 5.31. The van der Waals surface area contributed by atoms with Crippen LogP contribution in [-0.2, 0) is 37.4 Å². The fourth-order valence-corrected chi connectivity index (χ4v) is 4.83. The molecule has 0 aromatic carbocycles. The van der Waals surface area contributed by atoms with Gasteiger partial charge in [-0.15, -0.1) is 9.05 Å². The van der Waals surface area contributed by atoms with Crippen molar-refractivity contribution in [3.8, 4) is 0 Å². The van der Waals surface area contributed by atoms with Crippen molar-refractivity contribution in [3.05, 3.63) is 0 Å². The van der Waals surface area contributed by atoms with Gasteiger partial charge < -0.3 is 19.7 Å². The van der Waals surface area contributed by atoms with Crippen molar-refractivity contribution in [3.63, 3.8) is 0 Å². The Hall–Kier alpha value is -1.36. The van der Waals surface area contributed by atoms with E-state index in [0.29, 0.717) is 6.54 Å². The summed E-state index contributed by atoms with van der Waals surface area (Å²) in [5, 5.41) is 2.65. The van der Waals surface area contributed by atoms with Gasteiger partial charge in [-0.3, -0.25) is 14.4 Å². The summed E-state index contributed by atoms with van der Waals surface area (Å²) in [7, 11) is -1.89. The highest BCUT2D eigenvalue weighted by atomic mass is 31.2. The molecule has 0 aromatic heterocycles. The predicted octanol–water partition coefficient (Wildman–Crippen LogP) is 1.81. The summed E-state index contributed by atoms with van der Waals surface area (Å²) in [6.07, 6.45) is 0.610. The number of ether oxygens (including phenoxy) is 2. The number of amides is 1. The van der Waals surface area contributed by atoms with Crippen molar-refractivity contribution in [1.82, 2.24) is 10.2 Å². The predicted molar refractivity (Wildman–Crippen MR) is 119 cm³/mol. The normalized spacial score (nSPS) is 28.1. The van der Waals surface area contributed by atoms with Crippen LogP contribution in [0.2, 0.25) is 0 Å². The van der Waals surface area contributed by atoms with Gasteiger partial charge in [-0.2, -0.15) is 9.42 Å². The maximum absolute atomic E-state index is 12.7. The van der Waals surface area contributed by atoms with E-state index < -0.39 is 43.8 Å². The summed E-state index contributed by atoms with van der Waals surface area (Å²) < 4.78 is 26.5. The first kappa shape index (κ1) is 27.9. The number of nitrogens with zero attached hydrogens (tertiary/aromatic N) is 1. The van der Waals surface area contributed by atoms with E-state index in [1.54, 1.807) is 34.6 Å². The Labute approximate surface area is 196 Å². The zero-order valence-electron chi connectivity index (χ0n) is 20.4. The zero-order chi connectivity index (χ0) is 24.9. The summed E-state index contributed by atoms with van der Waals surface area (Å²) in [5.41, 5.74) is -1.51. The van der Waals surface area contributed by atoms with E-state index in [9.17, 15) is 19.3 Å². The second kappa shape index (κ2) is 11.4. The maximum atomic E-state index is 12.7. The highest BCUT2D eigenvalue weighted by molar-refractivity contribution is 7.55. The Morgan fingerprint density at radius 1 is 1.27 bits per heavy atom. The molecule has 33 heavy (non-hydrogen) atoms. The molecule has 2 aliphatic rings. The van der Waals surface area contributed by atoms with E-state index in [1.165, 1.54) is 0 Å². The van der Waals surface area contributed by atoms with E-state index in [0.717, 1.165) is 19.4 Å². The number of esters is 2. The topological polar surface area (TPSA) is 133 Å². The van der Waals surface area contributed by atoms with Gasteiger partial charge in [0, 0.05) is 18.5 Å². The monoisotopic (exact) mass is 493 g/mol. The lowest BCUT2D eigenvalue weighted by Gasteiger charge is -2.36. The number of piperidine rings is 1. The first-order valence-corrected chi connectivity index (χ1v) is 12.6. The van der Waals surface area contributed by atoms with Crippen LogP contribution in [-0.4, -0.2) is 79.9 Å². The molecule has 0 radical (unpaired) electrons. The minimum atomic E-state index is -3.88. The van der Waals surface area contributed by atoms with Crippen molar-refractivity contribution in [2.75, 3.05) is 40.1 Å². The van der Waals surface area contributed by atoms with E-state index in [4.69, 9.17) is 23.0 Å². The Bertz CT molecular complexity index is 712. The lowest BCUT2D eigenvalue weighted by atomic mass is 9.87. The number of likely N-dealkylation sites (N-methyl/N-ethyl adjacent to an activating group) is 1. The molecule has 190 valence electrons.